The maximum absolute atomic E-state index is 12.3. The lowest BCUT2D eigenvalue weighted by Gasteiger charge is -2.25. The summed E-state index contributed by atoms with van der Waals surface area (Å²) in [5.41, 5.74) is 6.22. The fourth-order valence-electron chi connectivity index (χ4n) is 2.82. The number of benzene rings is 1. The largest absolute Gasteiger partial charge is 0.496 e. The molecule has 1 aliphatic rings. The number of ether oxygens (including phenoxy) is 1. The molecule has 0 aliphatic carbocycles. The molecule has 0 aromatic heterocycles. The lowest BCUT2D eigenvalue weighted by atomic mass is 10.0. The lowest BCUT2D eigenvalue weighted by Crippen LogP contribution is -2.38. The molecule has 1 heterocycles. The Hall–Kier alpha value is -1.69. The smallest absolute Gasteiger partial charge is 0.232 e. The summed E-state index contributed by atoms with van der Waals surface area (Å²) in [5, 5.41) is 0. The van der Waals surface area contributed by atoms with Gasteiger partial charge in [0.2, 0.25) is 11.8 Å². The Bertz CT molecular complexity index is 536. The molecule has 1 fully saturated rings. The van der Waals surface area contributed by atoms with Crippen molar-refractivity contribution < 1.29 is 14.3 Å². The summed E-state index contributed by atoms with van der Waals surface area (Å²) >= 11 is 1.28. The van der Waals surface area contributed by atoms with Crippen LogP contribution < -0.4 is 10.5 Å². The van der Waals surface area contributed by atoms with Gasteiger partial charge in [0.15, 0.2) is 0 Å². The molecule has 1 atom stereocenters. The molecular weight excluding hydrogens is 300 g/mol. The van der Waals surface area contributed by atoms with Crippen molar-refractivity contribution >= 4 is 23.6 Å². The Morgan fingerprint density at radius 3 is 2.86 bits per heavy atom. The highest BCUT2D eigenvalue weighted by atomic mass is 32.2. The highest BCUT2D eigenvalue weighted by Crippen LogP contribution is 2.26. The number of likely N-dealkylation sites (tertiary alicyclic amines) is 1. The fraction of sp³-hybridized carbons (Fsp3) is 0.500. The van der Waals surface area contributed by atoms with Crippen LogP contribution in [0.4, 0.5) is 0 Å². The number of nitrogens with zero attached hydrogens (tertiary/aromatic N) is 1. The van der Waals surface area contributed by atoms with Gasteiger partial charge < -0.3 is 15.4 Å². The Morgan fingerprint density at radius 2 is 2.14 bits per heavy atom. The maximum Gasteiger partial charge on any atom is 0.232 e. The number of carbonyl (C=O) groups is 2. The van der Waals surface area contributed by atoms with Crippen LogP contribution in [0.2, 0.25) is 0 Å². The number of amides is 2. The van der Waals surface area contributed by atoms with E-state index in [2.05, 4.69) is 0 Å². The van der Waals surface area contributed by atoms with Crippen molar-refractivity contribution in [3.8, 4) is 5.75 Å². The van der Waals surface area contributed by atoms with Gasteiger partial charge >= 0.3 is 0 Å². The van der Waals surface area contributed by atoms with Crippen LogP contribution in [-0.2, 0) is 16.0 Å². The van der Waals surface area contributed by atoms with E-state index in [-0.39, 0.29) is 23.6 Å². The molecular formula is C16H22N2O3S. The molecule has 0 radical (unpaired) electrons. The number of rotatable bonds is 7. The topological polar surface area (TPSA) is 72.6 Å². The summed E-state index contributed by atoms with van der Waals surface area (Å²) in [6.07, 6.45) is 2.83. The number of methoxy groups -OCH3 is 1. The van der Waals surface area contributed by atoms with Crippen molar-refractivity contribution in [2.45, 2.75) is 25.3 Å². The first kappa shape index (κ1) is 16.7. The number of hydrogen-bond donors (Lipinski definition) is 1. The van der Waals surface area contributed by atoms with Gasteiger partial charge in [-0.15, -0.1) is 11.8 Å². The molecule has 0 spiro atoms. The van der Waals surface area contributed by atoms with Crippen LogP contribution in [0.1, 0.15) is 18.4 Å². The van der Waals surface area contributed by atoms with Crippen LogP contribution in [0.15, 0.2) is 24.3 Å². The van der Waals surface area contributed by atoms with Crippen LogP contribution in [-0.4, -0.2) is 47.9 Å². The predicted molar refractivity (Wildman–Crippen MR) is 88.0 cm³/mol. The molecule has 1 aromatic rings. The van der Waals surface area contributed by atoms with Crippen molar-refractivity contribution in [1.29, 1.82) is 0 Å². The highest BCUT2D eigenvalue weighted by molar-refractivity contribution is 8.00. The van der Waals surface area contributed by atoms with Gasteiger partial charge in [-0.05, 0) is 30.9 Å². The zero-order valence-electron chi connectivity index (χ0n) is 12.8. The van der Waals surface area contributed by atoms with Gasteiger partial charge in [-0.25, -0.2) is 0 Å². The van der Waals surface area contributed by atoms with Crippen LogP contribution in [0.3, 0.4) is 0 Å². The summed E-state index contributed by atoms with van der Waals surface area (Å²) < 4.78 is 5.38. The third-order valence-corrected chi connectivity index (χ3v) is 4.76. The predicted octanol–water partition coefficient (Wildman–Crippen LogP) is 1.45. The van der Waals surface area contributed by atoms with Crippen molar-refractivity contribution in [2.75, 3.05) is 25.2 Å². The molecule has 2 amide bonds. The van der Waals surface area contributed by atoms with E-state index in [0.29, 0.717) is 5.75 Å². The second-order valence-corrected chi connectivity index (χ2v) is 6.34. The molecule has 1 aliphatic heterocycles. The average Bonchev–Trinajstić information content (AvgIpc) is 2.95. The van der Waals surface area contributed by atoms with Crippen molar-refractivity contribution in [1.82, 2.24) is 4.90 Å². The van der Waals surface area contributed by atoms with Gasteiger partial charge in [0.1, 0.15) is 5.75 Å². The Kier molecular flexibility index (Phi) is 6.12. The van der Waals surface area contributed by atoms with Crippen LogP contribution in [0, 0.1) is 0 Å². The summed E-state index contributed by atoms with van der Waals surface area (Å²) in [7, 11) is 1.66. The Balaban J connectivity index is 1.95. The van der Waals surface area contributed by atoms with Crippen molar-refractivity contribution in [3.63, 3.8) is 0 Å². The van der Waals surface area contributed by atoms with Crippen LogP contribution >= 0.6 is 11.8 Å². The van der Waals surface area contributed by atoms with Gasteiger partial charge in [-0.2, -0.15) is 0 Å². The molecule has 0 unspecified atom stereocenters. The second-order valence-electron chi connectivity index (χ2n) is 5.36. The second kappa shape index (κ2) is 8.08. The van der Waals surface area contributed by atoms with E-state index in [4.69, 9.17) is 10.5 Å². The van der Waals surface area contributed by atoms with E-state index in [1.54, 1.807) is 7.11 Å². The fourth-order valence-corrected chi connectivity index (χ4v) is 3.47. The third kappa shape index (κ3) is 4.40. The van der Waals surface area contributed by atoms with Gasteiger partial charge in [0.25, 0.3) is 0 Å². The molecule has 120 valence electrons. The maximum atomic E-state index is 12.3. The molecule has 0 saturated carbocycles. The van der Waals surface area contributed by atoms with E-state index < -0.39 is 0 Å². The van der Waals surface area contributed by atoms with E-state index in [0.717, 1.165) is 37.1 Å². The summed E-state index contributed by atoms with van der Waals surface area (Å²) in [6, 6.07) is 8.13. The first-order chi connectivity index (χ1) is 10.6. The van der Waals surface area contributed by atoms with Crippen molar-refractivity contribution in [3.05, 3.63) is 29.8 Å². The molecule has 5 nitrogen and oxygen atoms in total. The number of nitrogens with two attached hydrogens (primary N) is 1. The van der Waals surface area contributed by atoms with Gasteiger partial charge in [0.05, 0.1) is 18.6 Å². The minimum Gasteiger partial charge on any atom is -0.496 e. The number of hydrogen-bond acceptors (Lipinski definition) is 4. The first-order valence-electron chi connectivity index (χ1n) is 7.39. The number of thioether (sulfide) groups is 1. The van der Waals surface area contributed by atoms with Gasteiger partial charge in [-0.1, -0.05) is 18.2 Å². The zero-order chi connectivity index (χ0) is 15.9. The summed E-state index contributed by atoms with van der Waals surface area (Å²) in [4.78, 5) is 25.0. The van der Waals surface area contributed by atoms with E-state index in [1.807, 2.05) is 29.2 Å². The van der Waals surface area contributed by atoms with Gasteiger partial charge in [0, 0.05) is 12.6 Å². The molecule has 1 aromatic carbocycles. The van der Waals surface area contributed by atoms with Gasteiger partial charge in [-0.3, -0.25) is 9.59 Å². The minimum atomic E-state index is -0.384. The highest BCUT2D eigenvalue weighted by Gasteiger charge is 2.29. The Labute approximate surface area is 135 Å². The average molecular weight is 322 g/mol. The monoisotopic (exact) mass is 322 g/mol. The number of primary amides is 1. The summed E-state index contributed by atoms with van der Waals surface area (Å²) in [6.45, 7) is 0.787. The molecule has 0 bridgehead atoms. The van der Waals surface area contributed by atoms with E-state index >= 15 is 0 Å². The summed E-state index contributed by atoms with van der Waals surface area (Å²) in [5.74, 6) is 1.07. The molecule has 1 saturated heterocycles. The van der Waals surface area contributed by atoms with E-state index in [9.17, 15) is 9.59 Å². The Morgan fingerprint density at radius 1 is 1.36 bits per heavy atom. The standard InChI is InChI=1S/C16H22N2O3S/c1-21-14-7-3-2-5-12(14)9-13-6-4-8-18(13)16(20)11-22-10-15(17)19/h2-3,5,7,13H,4,6,8-11H2,1H3,(H2,17,19)/t13-/m0/s1. The minimum absolute atomic E-state index is 0.0867. The molecule has 2 N–H and O–H groups in total. The molecule has 6 heteroatoms. The zero-order valence-corrected chi connectivity index (χ0v) is 13.6. The SMILES string of the molecule is COc1ccccc1C[C@@H]1CCCN1C(=O)CSCC(N)=O. The van der Waals surface area contributed by atoms with Crippen LogP contribution in [0.25, 0.3) is 0 Å². The van der Waals surface area contributed by atoms with Crippen molar-refractivity contribution in [2.24, 2.45) is 5.73 Å². The van der Waals surface area contributed by atoms with Crippen LogP contribution in [0.5, 0.6) is 5.75 Å². The third-order valence-electron chi connectivity index (χ3n) is 3.82. The first-order valence-corrected chi connectivity index (χ1v) is 8.54. The number of carbonyl (C=O) groups excluding carboxylic acids is 2. The normalized spacial score (nSPS) is 17.5. The van der Waals surface area contributed by atoms with E-state index in [1.165, 1.54) is 11.8 Å². The molecule has 22 heavy (non-hydrogen) atoms. The molecule has 2 rings (SSSR count). The lowest BCUT2D eigenvalue weighted by molar-refractivity contribution is -0.129. The number of para-hydroxylation sites is 1. The quantitative estimate of drug-likeness (QED) is 0.824.